The first kappa shape index (κ1) is 24.4. The molecule has 4 rings (SSSR count). The highest BCUT2D eigenvalue weighted by molar-refractivity contribution is 5.94. The number of amides is 1. The van der Waals surface area contributed by atoms with Gasteiger partial charge in [0.2, 0.25) is 0 Å². The number of hydrogen-bond acceptors (Lipinski definition) is 6. The number of aromatic nitrogens is 2. The fourth-order valence-corrected chi connectivity index (χ4v) is 4.79. The molecule has 2 N–H and O–H groups in total. The fraction of sp³-hybridized carbons (Fsp3) is 0.357. The molecule has 0 radical (unpaired) electrons. The summed E-state index contributed by atoms with van der Waals surface area (Å²) < 4.78 is 5.13. The number of hydrogen-bond donors (Lipinski definition) is 1. The number of carbonyl (C=O) groups excluding carboxylic acids is 2. The van der Waals surface area contributed by atoms with Gasteiger partial charge in [-0.3, -0.25) is 9.59 Å². The second-order valence-electron chi connectivity index (χ2n) is 9.28. The first-order valence-corrected chi connectivity index (χ1v) is 12.0. The van der Waals surface area contributed by atoms with Gasteiger partial charge in [0.25, 0.3) is 5.91 Å². The van der Waals surface area contributed by atoms with E-state index in [1.807, 2.05) is 6.07 Å². The smallest absolute Gasteiger partial charge is 0.308 e. The fourth-order valence-electron chi connectivity index (χ4n) is 4.79. The number of nitrogens with two attached hydrogens (primary N) is 1. The van der Waals surface area contributed by atoms with Crippen LogP contribution in [0.5, 0.6) is 5.75 Å². The number of anilines is 1. The van der Waals surface area contributed by atoms with E-state index in [1.54, 1.807) is 6.92 Å². The molecular formula is C28H32N4O3. The van der Waals surface area contributed by atoms with Gasteiger partial charge in [0.05, 0.1) is 5.69 Å². The molecule has 2 aromatic carbocycles. The quantitative estimate of drug-likeness (QED) is 0.518. The largest absolute Gasteiger partial charge is 0.422 e. The van der Waals surface area contributed by atoms with Crippen LogP contribution in [0.15, 0.2) is 48.5 Å². The van der Waals surface area contributed by atoms with Crippen LogP contribution < -0.4 is 15.4 Å². The van der Waals surface area contributed by atoms with E-state index in [0.717, 1.165) is 32.4 Å². The number of nitrogens with zero attached hydrogens (tertiary/aromatic N) is 3. The molecule has 1 amide bonds. The maximum absolute atomic E-state index is 11.9. The average Bonchev–Trinajstić information content (AvgIpc) is 2.82. The molecule has 1 aromatic heterocycles. The van der Waals surface area contributed by atoms with Crippen molar-refractivity contribution in [3.8, 4) is 5.75 Å². The predicted octanol–water partition coefficient (Wildman–Crippen LogP) is 4.17. The highest BCUT2D eigenvalue weighted by Crippen LogP contribution is 2.29. The lowest BCUT2D eigenvalue weighted by molar-refractivity contribution is -0.132. The van der Waals surface area contributed by atoms with Gasteiger partial charge < -0.3 is 15.4 Å². The van der Waals surface area contributed by atoms with Gasteiger partial charge in [-0.15, -0.1) is 0 Å². The van der Waals surface area contributed by atoms with Crippen molar-refractivity contribution in [1.82, 2.24) is 9.97 Å². The third kappa shape index (κ3) is 6.04. The Morgan fingerprint density at radius 2 is 1.74 bits per heavy atom. The summed E-state index contributed by atoms with van der Waals surface area (Å²) in [6, 6.07) is 17.3. The molecule has 7 nitrogen and oxygen atoms in total. The Morgan fingerprint density at radius 1 is 1.03 bits per heavy atom. The topological polar surface area (TPSA) is 98.4 Å². The van der Waals surface area contributed by atoms with Crippen LogP contribution in [-0.2, 0) is 17.6 Å². The molecule has 1 saturated heterocycles. The third-order valence-corrected chi connectivity index (χ3v) is 6.50. The van der Waals surface area contributed by atoms with Crippen molar-refractivity contribution >= 4 is 17.6 Å². The second kappa shape index (κ2) is 10.7. The molecule has 182 valence electrons. The van der Waals surface area contributed by atoms with Crippen molar-refractivity contribution in [2.24, 2.45) is 11.7 Å². The lowest BCUT2D eigenvalue weighted by atomic mass is 9.92. The number of primary amides is 1. The van der Waals surface area contributed by atoms with E-state index in [9.17, 15) is 9.59 Å². The first-order chi connectivity index (χ1) is 16.8. The Hall–Kier alpha value is -3.74. The van der Waals surface area contributed by atoms with Gasteiger partial charge in [0.1, 0.15) is 5.82 Å². The molecule has 2 heterocycles. The summed E-state index contributed by atoms with van der Waals surface area (Å²) in [4.78, 5) is 34.5. The SMILES string of the molecule is CC(=O)Oc1c(C)nc(CC2CCN(c3ccc(Cc4ccccc4)cc3C)CC2)nc1C(N)=O. The maximum Gasteiger partial charge on any atom is 0.308 e. The van der Waals surface area contributed by atoms with Crippen molar-refractivity contribution in [3.05, 3.63) is 82.4 Å². The monoisotopic (exact) mass is 472 g/mol. The standard InChI is InChI=1S/C28H32N4O3/c1-18-15-23(16-21-7-5-4-6-8-21)9-10-24(18)32-13-11-22(12-14-32)17-25-30-19(2)27(35-20(3)33)26(31-25)28(29)34/h4-10,15,22H,11-14,16-17H2,1-3H3,(H2,29,34). The van der Waals surface area contributed by atoms with Crippen LogP contribution in [0, 0.1) is 19.8 Å². The average molecular weight is 473 g/mol. The van der Waals surface area contributed by atoms with Gasteiger partial charge in [-0.05, 0) is 61.8 Å². The summed E-state index contributed by atoms with van der Waals surface area (Å²) in [7, 11) is 0. The van der Waals surface area contributed by atoms with Gasteiger partial charge in [-0.2, -0.15) is 0 Å². The van der Waals surface area contributed by atoms with Crippen LogP contribution in [0.4, 0.5) is 5.69 Å². The van der Waals surface area contributed by atoms with Gasteiger partial charge in [0, 0.05) is 32.1 Å². The molecule has 1 fully saturated rings. The van der Waals surface area contributed by atoms with Crippen LogP contribution >= 0.6 is 0 Å². The van der Waals surface area contributed by atoms with E-state index in [0.29, 0.717) is 23.9 Å². The minimum Gasteiger partial charge on any atom is -0.422 e. The molecular weight excluding hydrogens is 440 g/mol. The van der Waals surface area contributed by atoms with Crippen LogP contribution in [0.3, 0.4) is 0 Å². The third-order valence-electron chi connectivity index (χ3n) is 6.50. The number of carbonyl (C=O) groups is 2. The molecule has 7 heteroatoms. The van der Waals surface area contributed by atoms with Crippen molar-refractivity contribution in [2.45, 2.75) is 46.5 Å². The van der Waals surface area contributed by atoms with E-state index in [2.05, 4.69) is 64.3 Å². The number of piperidine rings is 1. The van der Waals surface area contributed by atoms with E-state index in [4.69, 9.17) is 10.5 Å². The van der Waals surface area contributed by atoms with Gasteiger partial charge in [0.15, 0.2) is 11.4 Å². The summed E-state index contributed by atoms with van der Waals surface area (Å²) in [5, 5.41) is 0. The lowest BCUT2D eigenvalue weighted by Crippen LogP contribution is -2.35. The maximum atomic E-state index is 11.9. The van der Waals surface area contributed by atoms with Crippen LogP contribution in [0.1, 0.15) is 58.5 Å². The summed E-state index contributed by atoms with van der Waals surface area (Å²) >= 11 is 0. The van der Waals surface area contributed by atoms with Crippen molar-refractivity contribution in [3.63, 3.8) is 0 Å². The van der Waals surface area contributed by atoms with Crippen LogP contribution in [-0.4, -0.2) is 34.9 Å². The van der Waals surface area contributed by atoms with E-state index in [-0.39, 0.29) is 11.4 Å². The molecule has 3 aromatic rings. The Kier molecular flexibility index (Phi) is 7.44. The highest BCUT2D eigenvalue weighted by atomic mass is 16.5. The molecule has 0 aliphatic carbocycles. The molecule has 0 bridgehead atoms. The van der Waals surface area contributed by atoms with E-state index < -0.39 is 11.9 Å². The number of benzene rings is 2. The van der Waals surface area contributed by atoms with Crippen molar-refractivity contribution in [1.29, 1.82) is 0 Å². The summed E-state index contributed by atoms with van der Waals surface area (Å²) in [6.45, 7) is 7.06. The first-order valence-electron chi connectivity index (χ1n) is 12.0. The number of rotatable bonds is 7. The lowest BCUT2D eigenvalue weighted by Gasteiger charge is -2.34. The number of aryl methyl sites for hydroxylation is 2. The zero-order chi connectivity index (χ0) is 24.9. The molecule has 0 saturated carbocycles. The normalized spacial score (nSPS) is 14.1. The van der Waals surface area contributed by atoms with Gasteiger partial charge >= 0.3 is 5.97 Å². The summed E-state index contributed by atoms with van der Waals surface area (Å²) in [5.74, 6) is -0.248. The van der Waals surface area contributed by atoms with Gasteiger partial charge in [-0.1, -0.05) is 42.5 Å². The molecule has 0 unspecified atom stereocenters. The Balaban J connectivity index is 1.39. The van der Waals surface area contributed by atoms with Crippen molar-refractivity contribution < 1.29 is 14.3 Å². The molecule has 0 spiro atoms. The van der Waals surface area contributed by atoms with Crippen LogP contribution in [0.2, 0.25) is 0 Å². The predicted molar refractivity (Wildman–Crippen MR) is 136 cm³/mol. The summed E-state index contributed by atoms with van der Waals surface area (Å²) in [5.41, 5.74) is 11.1. The minimum absolute atomic E-state index is 0.0358. The molecule has 1 aliphatic heterocycles. The van der Waals surface area contributed by atoms with E-state index in [1.165, 1.54) is 29.3 Å². The van der Waals surface area contributed by atoms with E-state index >= 15 is 0 Å². The molecule has 0 atom stereocenters. The Bertz CT molecular complexity index is 1220. The number of ether oxygens (including phenoxy) is 1. The summed E-state index contributed by atoms with van der Waals surface area (Å²) in [6.07, 6.45) is 3.60. The second-order valence-corrected chi connectivity index (χ2v) is 9.28. The Morgan fingerprint density at radius 3 is 2.37 bits per heavy atom. The zero-order valence-electron chi connectivity index (χ0n) is 20.6. The highest BCUT2D eigenvalue weighted by Gasteiger charge is 2.24. The molecule has 1 aliphatic rings. The van der Waals surface area contributed by atoms with Gasteiger partial charge in [-0.25, -0.2) is 9.97 Å². The zero-order valence-corrected chi connectivity index (χ0v) is 20.6. The minimum atomic E-state index is -0.728. The molecule has 35 heavy (non-hydrogen) atoms. The van der Waals surface area contributed by atoms with Crippen LogP contribution in [0.25, 0.3) is 0 Å². The Labute approximate surface area is 206 Å². The van der Waals surface area contributed by atoms with Crippen molar-refractivity contribution in [2.75, 3.05) is 18.0 Å². The number of esters is 1.